The molecule has 3 N–H and O–H groups in total. The molecule has 0 unspecified atom stereocenters. The molecule has 1 aromatic carbocycles. The average molecular weight is 265 g/mol. The maximum absolute atomic E-state index is 10.2. The van der Waals surface area contributed by atoms with Crippen LogP contribution in [0.5, 0.6) is 0 Å². The lowest BCUT2D eigenvalue weighted by Crippen LogP contribution is -1.92. The smallest absolute Gasteiger partial charge is 0.213 e. The number of aromatic nitrogens is 1. The highest BCUT2D eigenvalue weighted by Crippen LogP contribution is 2.25. The van der Waals surface area contributed by atoms with Crippen LogP contribution in [0.15, 0.2) is 34.5 Å². The van der Waals surface area contributed by atoms with Gasteiger partial charge in [0.25, 0.3) is 0 Å². The predicted molar refractivity (Wildman–Crippen MR) is 72.2 cm³/mol. The molecule has 1 heterocycles. The largest absolute Gasteiger partial charge is 0.399 e. The minimum Gasteiger partial charge on any atom is -0.399 e. The Hall–Kier alpha value is -1.53. The van der Waals surface area contributed by atoms with Gasteiger partial charge in [0, 0.05) is 21.7 Å². The monoisotopic (exact) mass is 265 g/mol. The molecule has 1 aromatic heterocycles. The number of carbonyl (C=O) groups is 1. The molecule has 2 aromatic rings. The number of thiazole rings is 1. The first kappa shape index (κ1) is 11.9. The zero-order valence-electron chi connectivity index (χ0n) is 8.92. The van der Waals surface area contributed by atoms with Crippen molar-refractivity contribution in [2.75, 3.05) is 11.1 Å². The second-order valence-electron chi connectivity index (χ2n) is 3.26. The van der Waals surface area contributed by atoms with Crippen LogP contribution in [-0.4, -0.2) is 11.4 Å². The topological polar surface area (TPSA) is 68.0 Å². The summed E-state index contributed by atoms with van der Waals surface area (Å²) in [6.07, 6.45) is 0.635. The zero-order chi connectivity index (χ0) is 12.1. The Morgan fingerprint density at radius 2 is 2.18 bits per heavy atom. The molecule has 0 saturated heterocycles. The summed E-state index contributed by atoms with van der Waals surface area (Å²) >= 11 is 3.11. The number of hydrogen-bond acceptors (Lipinski definition) is 5. The highest BCUT2D eigenvalue weighted by atomic mass is 32.2. The van der Waals surface area contributed by atoms with Crippen molar-refractivity contribution in [1.82, 2.24) is 4.98 Å². The van der Waals surface area contributed by atoms with E-state index in [9.17, 15) is 4.79 Å². The number of nitrogen functional groups attached to an aromatic ring is 1. The summed E-state index contributed by atoms with van der Waals surface area (Å²) in [7, 11) is 0. The van der Waals surface area contributed by atoms with Crippen molar-refractivity contribution in [1.29, 1.82) is 0 Å². The highest BCUT2D eigenvalue weighted by molar-refractivity contribution is 7.98. The lowest BCUT2D eigenvalue weighted by molar-refractivity contribution is -0.105. The van der Waals surface area contributed by atoms with E-state index in [1.165, 1.54) is 11.3 Å². The number of carbonyl (C=O) groups excluding carboxylic acids is 1. The summed E-state index contributed by atoms with van der Waals surface area (Å²) in [5, 5.41) is 5.11. The molecular formula is C11H11N3OS2. The van der Waals surface area contributed by atoms with E-state index in [-0.39, 0.29) is 0 Å². The zero-order valence-corrected chi connectivity index (χ0v) is 10.6. The van der Waals surface area contributed by atoms with E-state index in [4.69, 9.17) is 5.73 Å². The van der Waals surface area contributed by atoms with Gasteiger partial charge >= 0.3 is 0 Å². The molecule has 0 saturated carbocycles. The normalized spacial score (nSPS) is 10.1. The van der Waals surface area contributed by atoms with Crippen LogP contribution in [0.25, 0.3) is 0 Å². The van der Waals surface area contributed by atoms with Gasteiger partial charge in [-0.05, 0) is 24.3 Å². The average Bonchev–Trinajstić information content (AvgIpc) is 2.77. The van der Waals surface area contributed by atoms with E-state index in [0.29, 0.717) is 11.5 Å². The van der Waals surface area contributed by atoms with Gasteiger partial charge in [-0.25, -0.2) is 4.98 Å². The van der Waals surface area contributed by atoms with E-state index in [2.05, 4.69) is 10.3 Å². The molecule has 17 heavy (non-hydrogen) atoms. The predicted octanol–water partition coefficient (Wildman–Crippen LogP) is 2.59. The minimum absolute atomic E-state index is 0.632. The van der Waals surface area contributed by atoms with Crippen molar-refractivity contribution in [2.24, 2.45) is 0 Å². The molecule has 0 aliphatic rings. The number of nitrogens with two attached hydrogens (primary N) is 1. The summed E-state index contributed by atoms with van der Waals surface area (Å²) in [6, 6.07) is 7.72. The van der Waals surface area contributed by atoms with Crippen molar-refractivity contribution in [3.05, 3.63) is 35.3 Å². The van der Waals surface area contributed by atoms with Gasteiger partial charge in [0.15, 0.2) is 5.13 Å². The lowest BCUT2D eigenvalue weighted by atomic mass is 10.3. The molecule has 2 rings (SSSR count). The fourth-order valence-electron chi connectivity index (χ4n) is 1.21. The van der Waals surface area contributed by atoms with Crippen LogP contribution >= 0.6 is 23.1 Å². The maximum Gasteiger partial charge on any atom is 0.213 e. The van der Waals surface area contributed by atoms with Crippen molar-refractivity contribution in [3.63, 3.8) is 0 Å². The molecule has 0 fully saturated rings. The minimum atomic E-state index is 0.632. The number of benzene rings is 1. The Kier molecular flexibility index (Phi) is 4.00. The van der Waals surface area contributed by atoms with Crippen LogP contribution in [0.3, 0.4) is 0 Å². The summed E-state index contributed by atoms with van der Waals surface area (Å²) in [5.41, 5.74) is 7.33. The Morgan fingerprint density at radius 1 is 1.41 bits per heavy atom. The molecule has 0 spiro atoms. The molecule has 4 nitrogen and oxygen atoms in total. The van der Waals surface area contributed by atoms with Crippen LogP contribution in [0.4, 0.5) is 10.8 Å². The summed E-state index contributed by atoms with van der Waals surface area (Å²) in [5.74, 6) is 0.779. The molecule has 88 valence electrons. The SMILES string of the molecule is Nc1ccc(SCc2csc(NC=O)n2)cc1. The van der Waals surface area contributed by atoms with Crippen LogP contribution in [0.2, 0.25) is 0 Å². The second kappa shape index (κ2) is 5.70. The van der Waals surface area contributed by atoms with Crippen LogP contribution in [0.1, 0.15) is 5.69 Å². The Bertz CT molecular complexity index is 496. The number of anilines is 2. The molecule has 1 amide bonds. The fraction of sp³-hybridized carbons (Fsp3) is 0.0909. The summed E-state index contributed by atoms with van der Waals surface area (Å²) < 4.78 is 0. The third-order valence-electron chi connectivity index (χ3n) is 2.00. The summed E-state index contributed by atoms with van der Waals surface area (Å²) in [6.45, 7) is 0. The van der Waals surface area contributed by atoms with Gasteiger partial charge in [0.1, 0.15) is 0 Å². The van der Waals surface area contributed by atoms with Gasteiger partial charge in [0.05, 0.1) is 5.69 Å². The number of hydrogen-bond donors (Lipinski definition) is 2. The van der Waals surface area contributed by atoms with Gasteiger partial charge in [-0.1, -0.05) is 0 Å². The number of thioether (sulfide) groups is 1. The quantitative estimate of drug-likeness (QED) is 0.495. The Morgan fingerprint density at radius 3 is 2.88 bits per heavy atom. The second-order valence-corrected chi connectivity index (χ2v) is 5.17. The third-order valence-corrected chi connectivity index (χ3v) is 3.87. The maximum atomic E-state index is 10.2. The molecule has 0 aliphatic heterocycles. The van der Waals surface area contributed by atoms with Crippen LogP contribution in [-0.2, 0) is 10.5 Å². The van der Waals surface area contributed by atoms with Crippen molar-refractivity contribution in [2.45, 2.75) is 10.6 Å². The van der Waals surface area contributed by atoms with Crippen LogP contribution in [0, 0.1) is 0 Å². The first-order valence-electron chi connectivity index (χ1n) is 4.91. The van der Waals surface area contributed by atoms with E-state index in [1.807, 2.05) is 29.6 Å². The van der Waals surface area contributed by atoms with Crippen LogP contribution < -0.4 is 11.1 Å². The standard InChI is InChI=1S/C11H11N3OS2/c12-8-1-3-10(4-2-8)16-5-9-6-17-11(14-9)13-7-15/h1-4,6-7H,5,12H2,(H,13,14,15). The first-order valence-corrected chi connectivity index (χ1v) is 6.77. The molecule has 0 aliphatic carbocycles. The fourth-order valence-corrected chi connectivity index (χ4v) is 2.78. The molecule has 0 bridgehead atoms. The van der Waals surface area contributed by atoms with Crippen molar-refractivity contribution in [3.8, 4) is 0 Å². The van der Waals surface area contributed by atoms with Gasteiger partial charge in [0.2, 0.25) is 6.41 Å². The van der Waals surface area contributed by atoms with E-state index < -0.39 is 0 Å². The van der Waals surface area contributed by atoms with Gasteiger partial charge in [-0.15, -0.1) is 23.1 Å². The molecular weight excluding hydrogens is 254 g/mol. The van der Waals surface area contributed by atoms with Gasteiger partial charge in [-0.3, -0.25) is 4.79 Å². The van der Waals surface area contributed by atoms with Crippen molar-refractivity contribution < 1.29 is 4.79 Å². The number of nitrogens with zero attached hydrogens (tertiary/aromatic N) is 1. The number of rotatable bonds is 5. The van der Waals surface area contributed by atoms with E-state index in [0.717, 1.165) is 22.0 Å². The van der Waals surface area contributed by atoms with E-state index >= 15 is 0 Å². The number of amides is 1. The molecule has 6 heteroatoms. The molecule has 0 atom stereocenters. The Labute approximate surface area is 107 Å². The Balaban J connectivity index is 1.92. The van der Waals surface area contributed by atoms with Crippen molar-refractivity contribution >= 4 is 40.3 Å². The highest BCUT2D eigenvalue weighted by Gasteiger charge is 2.02. The third kappa shape index (κ3) is 3.47. The molecule has 0 radical (unpaired) electrons. The van der Waals surface area contributed by atoms with E-state index in [1.54, 1.807) is 11.8 Å². The van der Waals surface area contributed by atoms with Gasteiger partial charge < -0.3 is 11.1 Å². The lowest BCUT2D eigenvalue weighted by Gasteiger charge is -1.99. The van der Waals surface area contributed by atoms with Gasteiger partial charge in [-0.2, -0.15) is 0 Å². The first-order chi connectivity index (χ1) is 8.28. The summed E-state index contributed by atoms with van der Waals surface area (Å²) in [4.78, 5) is 15.6. The number of nitrogens with one attached hydrogen (secondary N) is 1.